The average Bonchev–Trinajstić information content (AvgIpc) is 2.73. The van der Waals surface area contributed by atoms with Gasteiger partial charge in [0.2, 0.25) is 11.8 Å². The first-order valence-corrected chi connectivity index (χ1v) is 11.7. The van der Waals surface area contributed by atoms with Crippen molar-refractivity contribution in [3.05, 3.63) is 35.4 Å². The Bertz CT molecular complexity index is 847. The second-order valence-electron chi connectivity index (χ2n) is 10.2. The highest BCUT2D eigenvalue weighted by molar-refractivity contribution is 5.78. The summed E-state index contributed by atoms with van der Waals surface area (Å²) in [7, 11) is 1.48. The van der Waals surface area contributed by atoms with Crippen molar-refractivity contribution in [2.75, 3.05) is 13.7 Å². The summed E-state index contributed by atoms with van der Waals surface area (Å²) in [5, 5.41) is 17.2. The molecule has 0 aliphatic heterocycles. The van der Waals surface area contributed by atoms with Gasteiger partial charge < -0.3 is 20.5 Å². The van der Waals surface area contributed by atoms with Crippen molar-refractivity contribution in [3.8, 4) is 0 Å². The van der Waals surface area contributed by atoms with E-state index in [4.69, 9.17) is 4.74 Å². The number of nitrogens with one attached hydrogen (secondary N) is 2. The maximum atomic E-state index is 13.4. The summed E-state index contributed by atoms with van der Waals surface area (Å²) in [6, 6.07) is 3.12. The van der Waals surface area contributed by atoms with E-state index in [1.54, 1.807) is 6.92 Å². The molecule has 3 rings (SSSR count). The van der Waals surface area contributed by atoms with Crippen molar-refractivity contribution >= 4 is 11.8 Å². The maximum absolute atomic E-state index is 13.4. The van der Waals surface area contributed by atoms with Gasteiger partial charge in [-0.15, -0.1) is 0 Å². The van der Waals surface area contributed by atoms with Crippen molar-refractivity contribution in [1.29, 1.82) is 0 Å². The normalized spacial score (nSPS) is 32.5. The fraction of sp³-hybridized carbons (Fsp3) is 0.680. The molecule has 33 heavy (non-hydrogen) atoms. The number of methoxy groups -OCH3 is 1. The van der Waals surface area contributed by atoms with E-state index in [1.807, 2.05) is 0 Å². The summed E-state index contributed by atoms with van der Waals surface area (Å²) in [6.07, 6.45) is 2.68. The van der Waals surface area contributed by atoms with E-state index in [2.05, 4.69) is 24.5 Å². The number of aliphatic hydroxyl groups is 1. The molecule has 2 fully saturated rings. The Hall–Kier alpha value is -2.06. The Morgan fingerprint density at radius 3 is 2.48 bits per heavy atom. The van der Waals surface area contributed by atoms with Crippen LogP contribution >= 0.6 is 0 Å². The minimum atomic E-state index is -0.687. The van der Waals surface area contributed by atoms with Crippen molar-refractivity contribution in [2.45, 2.75) is 65.1 Å². The molecule has 2 amide bonds. The number of rotatable bonds is 7. The molecule has 0 radical (unpaired) electrons. The highest BCUT2D eigenvalue weighted by atomic mass is 19.1. The van der Waals surface area contributed by atoms with Gasteiger partial charge in [-0.1, -0.05) is 20.8 Å². The largest absolute Gasteiger partial charge is 0.392 e. The van der Waals surface area contributed by atoms with Crippen LogP contribution in [-0.2, 0) is 20.9 Å². The molecule has 0 unspecified atom stereocenters. The Kier molecular flexibility index (Phi) is 8.11. The molecular formula is C25H36F2N2O4. The molecule has 0 aromatic heterocycles. The number of carbonyl (C=O) groups is 2. The zero-order valence-electron chi connectivity index (χ0n) is 19.9. The molecular weight excluding hydrogens is 430 g/mol. The number of ether oxygens (including phenoxy) is 1. The Morgan fingerprint density at radius 1 is 1.21 bits per heavy atom. The average molecular weight is 467 g/mol. The first-order chi connectivity index (χ1) is 15.6. The predicted molar refractivity (Wildman–Crippen MR) is 120 cm³/mol. The van der Waals surface area contributed by atoms with Crippen LogP contribution in [0.4, 0.5) is 8.78 Å². The van der Waals surface area contributed by atoms with Gasteiger partial charge in [-0.2, -0.15) is 0 Å². The first kappa shape index (κ1) is 25.6. The number of fused-ring (bicyclic) bond motifs is 1. The van der Waals surface area contributed by atoms with Crippen LogP contribution in [-0.4, -0.2) is 42.8 Å². The van der Waals surface area contributed by atoms with Crippen molar-refractivity contribution in [1.82, 2.24) is 10.6 Å². The zero-order valence-corrected chi connectivity index (χ0v) is 19.9. The number of aliphatic hydroxyl groups excluding tert-OH is 1. The molecule has 8 heteroatoms. The fourth-order valence-corrected chi connectivity index (χ4v) is 6.13. The van der Waals surface area contributed by atoms with E-state index < -0.39 is 23.7 Å². The lowest BCUT2D eigenvalue weighted by atomic mass is 9.51. The van der Waals surface area contributed by atoms with Gasteiger partial charge in [-0.25, -0.2) is 8.78 Å². The molecule has 1 aromatic carbocycles. The van der Waals surface area contributed by atoms with E-state index in [1.165, 1.54) is 19.2 Å². The van der Waals surface area contributed by atoms with Crippen LogP contribution in [0.1, 0.15) is 52.0 Å². The summed E-state index contributed by atoms with van der Waals surface area (Å²) in [5.74, 6) is -2.48. The number of hydrogen-bond donors (Lipinski definition) is 3. The zero-order chi connectivity index (χ0) is 24.3. The SMILES string of the molecule is COCC(=O)N[C@H]1CC[C@]2(C)CC[C@@H]([C@H](C)C(=O)NCc3cc(F)cc(F)c3)[C@H](O)[C@H]2[C@@H]1C. The standard InChI is InChI=1S/C25H36F2N2O4/c1-14(24(32)28-12-16-9-17(26)11-18(27)10-16)19-5-7-25(3)8-6-20(29-21(30)13-33-4)15(2)22(25)23(19)31/h9-11,14-15,19-20,22-23,31H,5-8,12-13H2,1-4H3,(H,28,32)(H,29,30)/t14-,15+,19-,20-,22+,23-,25-/m0/s1. The fourth-order valence-electron chi connectivity index (χ4n) is 6.13. The molecule has 0 bridgehead atoms. The van der Waals surface area contributed by atoms with Crippen LogP contribution in [0, 0.1) is 40.7 Å². The van der Waals surface area contributed by atoms with E-state index in [-0.39, 0.29) is 54.2 Å². The highest BCUT2D eigenvalue weighted by Gasteiger charge is 2.53. The van der Waals surface area contributed by atoms with E-state index in [0.29, 0.717) is 5.56 Å². The van der Waals surface area contributed by atoms with Gasteiger partial charge in [0.15, 0.2) is 0 Å². The predicted octanol–water partition coefficient (Wildman–Crippen LogP) is 3.17. The summed E-state index contributed by atoms with van der Waals surface area (Å²) >= 11 is 0. The number of benzene rings is 1. The summed E-state index contributed by atoms with van der Waals surface area (Å²) in [6.45, 7) is 6.08. The second kappa shape index (κ2) is 10.5. The topological polar surface area (TPSA) is 87.7 Å². The number of amides is 2. The molecule has 7 atom stereocenters. The first-order valence-electron chi connectivity index (χ1n) is 11.7. The molecule has 2 saturated carbocycles. The summed E-state index contributed by atoms with van der Waals surface area (Å²) < 4.78 is 31.8. The molecule has 184 valence electrons. The van der Waals surface area contributed by atoms with Crippen LogP contribution in [0.5, 0.6) is 0 Å². The van der Waals surface area contributed by atoms with Gasteiger partial charge in [-0.05, 0) is 66.5 Å². The Balaban J connectivity index is 1.66. The smallest absolute Gasteiger partial charge is 0.246 e. The monoisotopic (exact) mass is 466 g/mol. The van der Waals surface area contributed by atoms with Gasteiger partial charge in [0.1, 0.15) is 18.2 Å². The molecule has 3 N–H and O–H groups in total. The lowest BCUT2D eigenvalue weighted by Gasteiger charge is -2.56. The maximum Gasteiger partial charge on any atom is 0.246 e. The van der Waals surface area contributed by atoms with Crippen molar-refractivity contribution < 1.29 is 28.2 Å². The lowest BCUT2D eigenvalue weighted by Crippen LogP contribution is -2.58. The van der Waals surface area contributed by atoms with Gasteiger partial charge in [-0.3, -0.25) is 9.59 Å². The third-order valence-electron chi connectivity index (χ3n) is 7.95. The summed E-state index contributed by atoms with van der Waals surface area (Å²) in [4.78, 5) is 24.9. The number of hydrogen-bond acceptors (Lipinski definition) is 4. The lowest BCUT2D eigenvalue weighted by molar-refractivity contribution is -0.144. The molecule has 1 aromatic rings. The number of carbonyl (C=O) groups excluding carboxylic acids is 2. The van der Waals surface area contributed by atoms with Crippen molar-refractivity contribution in [2.24, 2.45) is 29.1 Å². The highest BCUT2D eigenvalue weighted by Crippen LogP contribution is 2.55. The van der Waals surface area contributed by atoms with Crippen LogP contribution in [0.3, 0.4) is 0 Å². The number of halogens is 2. The quantitative estimate of drug-likeness (QED) is 0.576. The van der Waals surface area contributed by atoms with Crippen LogP contribution in [0.25, 0.3) is 0 Å². The molecule has 2 aliphatic rings. The Morgan fingerprint density at radius 2 is 1.85 bits per heavy atom. The van der Waals surface area contributed by atoms with Crippen LogP contribution in [0.2, 0.25) is 0 Å². The third-order valence-corrected chi connectivity index (χ3v) is 7.95. The van der Waals surface area contributed by atoms with E-state index in [0.717, 1.165) is 31.7 Å². The van der Waals surface area contributed by atoms with Gasteiger partial charge in [0.05, 0.1) is 6.10 Å². The summed E-state index contributed by atoms with van der Waals surface area (Å²) in [5.41, 5.74) is 0.299. The van der Waals surface area contributed by atoms with Gasteiger partial charge in [0.25, 0.3) is 0 Å². The van der Waals surface area contributed by atoms with Gasteiger partial charge >= 0.3 is 0 Å². The minimum Gasteiger partial charge on any atom is -0.392 e. The second-order valence-corrected chi connectivity index (χ2v) is 10.2. The Labute approximate surface area is 194 Å². The molecule has 0 spiro atoms. The van der Waals surface area contributed by atoms with Gasteiger partial charge in [0, 0.05) is 31.7 Å². The molecule has 6 nitrogen and oxygen atoms in total. The molecule has 0 heterocycles. The van der Waals surface area contributed by atoms with E-state index in [9.17, 15) is 23.5 Å². The molecule has 0 saturated heterocycles. The van der Waals surface area contributed by atoms with Crippen LogP contribution < -0.4 is 10.6 Å². The molecule has 2 aliphatic carbocycles. The minimum absolute atomic E-state index is 0.00273. The van der Waals surface area contributed by atoms with E-state index >= 15 is 0 Å². The third kappa shape index (κ3) is 5.72. The van der Waals surface area contributed by atoms with Crippen LogP contribution in [0.15, 0.2) is 18.2 Å². The van der Waals surface area contributed by atoms with Crippen molar-refractivity contribution in [3.63, 3.8) is 0 Å².